The minimum absolute atomic E-state index is 0.121. The zero-order valence-corrected chi connectivity index (χ0v) is 18.5. The van der Waals surface area contributed by atoms with Crippen molar-refractivity contribution < 1.29 is 10.0 Å². The number of rotatable bonds is 5. The zero-order chi connectivity index (χ0) is 22.2. The molecule has 32 heavy (non-hydrogen) atoms. The van der Waals surface area contributed by atoms with E-state index in [0.717, 1.165) is 54.3 Å². The normalized spacial score (nSPS) is 17.8. The Hall–Kier alpha value is -2.94. The van der Waals surface area contributed by atoms with Gasteiger partial charge in [-0.15, -0.1) is 0 Å². The molecule has 5 rings (SSSR count). The Morgan fingerprint density at radius 2 is 1.88 bits per heavy atom. The molecule has 3 heterocycles. The molecule has 164 valence electrons. The van der Waals surface area contributed by atoms with Crippen LogP contribution in [0.1, 0.15) is 29.3 Å². The number of hydrogen-bond donors (Lipinski definition) is 3. The third kappa shape index (κ3) is 3.85. The summed E-state index contributed by atoms with van der Waals surface area (Å²) in [6.07, 6.45) is 1.60. The maximum absolute atomic E-state index is 9.83. The van der Waals surface area contributed by atoms with Crippen molar-refractivity contribution in [3.8, 4) is 0 Å². The third-order valence-corrected chi connectivity index (χ3v) is 6.42. The topological polar surface area (TPSA) is 84.8 Å². The number of nitrogens with zero attached hydrogens (tertiary/aromatic N) is 4. The highest BCUT2D eigenvalue weighted by atomic mass is 16.4. The predicted octanol–water partition coefficient (Wildman–Crippen LogP) is 1.84. The fraction of sp³-hybridized carbons (Fsp3) is 0.333. The first-order chi connectivity index (χ1) is 15.5. The second-order valence-electron chi connectivity index (χ2n) is 8.77. The van der Waals surface area contributed by atoms with Crippen molar-refractivity contribution in [3.63, 3.8) is 0 Å². The van der Waals surface area contributed by atoms with Gasteiger partial charge in [-0.05, 0) is 43.0 Å². The van der Waals surface area contributed by atoms with Crippen LogP contribution < -0.4 is 15.7 Å². The van der Waals surface area contributed by atoms with Gasteiger partial charge in [-0.25, -0.2) is 4.98 Å². The number of hydrogen-bond acceptors (Lipinski definition) is 7. The minimum Gasteiger partial charge on any atom is -0.423 e. The van der Waals surface area contributed by atoms with Crippen LogP contribution >= 0.6 is 0 Å². The maximum Gasteiger partial charge on any atom is 0.488 e. The number of likely N-dealkylation sites (N-methyl/N-ethyl adjacent to an activating group) is 1. The van der Waals surface area contributed by atoms with Crippen LogP contribution in [0.5, 0.6) is 0 Å². The van der Waals surface area contributed by atoms with E-state index < -0.39 is 7.12 Å². The van der Waals surface area contributed by atoms with E-state index in [2.05, 4.69) is 41.2 Å². The summed E-state index contributed by atoms with van der Waals surface area (Å²) in [4.78, 5) is 14.4. The highest BCUT2D eigenvalue weighted by Crippen LogP contribution is 2.37. The number of aromatic nitrogens is 2. The van der Waals surface area contributed by atoms with Crippen molar-refractivity contribution in [3.05, 3.63) is 70.9 Å². The van der Waals surface area contributed by atoms with Gasteiger partial charge in [0.2, 0.25) is 5.95 Å². The van der Waals surface area contributed by atoms with E-state index >= 15 is 0 Å². The molecule has 3 N–H and O–H groups in total. The molecule has 0 spiro atoms. The molecule has 0 amide bonds. The van der Waals surface area contributed by atoms with Gasteiger partial charge in [-0.1, -0.05) is 42.5 Å². The second-order valence-corrected chi connectivity index (χ2v) is 8.77. The van der Waals surface area contributed by atoms with Crippen LogP contribution in [0.3, 0.4) is 0 Å². The summed E-state index contributed by atoms with van der Waals surface area (Å²) in [6.45, 7) is 4.61. The molecular weight excluding hydrogens is 401 g/mol. The summed E-state index contributed by atoms with van der Waals surface area (Å²) in [5, 5.41) is 23.2. The van der Waals surface area contributed by atoms with E-state index in [0.29, 0.717) is 18.0 Å². The Balaban J connectivity index is 1.55. The molecule has 0 saturated carbocycles. The van der Waals surface area contributed by atoms with Gasteiger partial charge in [0.1, 0.15) is 5.82 Å². The quantitative estimate of drug-likeness (QED) is 0.534. The first-order valence-electron chi connectivity index (χ1n) is 11.1. The van der Waals surface area contributed by atoms with E-state index in [1.54, 1.807) is 6.07 Å². The molecule has 2 aromatic carbocycles. The molecule has 1 aromatic heterocycles. The van der Waals surface area contributed by atoms with Crippen molar-refractivity contribution in [1.29, 1.82) is 0 Å². The van der Waals surface area contributed by atoms with Gasteiger partial charge >= 0.3 is 7.12 Å². The number of fused-ring (bicyclic) bond motifs is 2. The van der Waals surface area contributed by atoms with E-state index in [-0.39, 0.29) is 6.04 Å². The SMILES string of the molecule is CC1Cc2c(B(O)O)cccc2N1c1nc2c(c(NCc3ccccc3)n1)CN(C)CC2. The predicted molar refractivity (Wildman–Crippen MR) is 127 cm³/mol. The lowest BCUT2D eigenvalue weighted by Crippen LogP contribution is -2.32. The highest BCUT2D eigenvalue weighted by Gasteiger charge is 2.34. The molecule has 3 aromatic rings. The smallest absolute Gasteiger partial charge is 0.423 e. The van der Waals surface area contributed by atoms with Crippen LogP contribution in [0.2, 0.25) is 0 Å². The molecule has 0 radical (unpaired) electrons. The molecule has 8 heteroatoms. The van der Waals surface area contributed by atoms with Gasteiger partial charge in [-0.2, -0.15) is 4.98 Å². The van der Waals surface area contributed by atoms with Crippen molar-refractivity contribution in [2.45, 2.75) is 38.9 Å². The summed E-state index contributed by atoms with van der Waals surface area (Å²) < 4.78 is 0. The summed E-state index contributed by atoms with van der Waals surface area (Å²) >= 11 is 0. The minimum atomic E-state index is -1.49. The monoisotopic (exact) mass is 429 g/mol. The Morgan fingerprint density at radius 3 is 2.66 bits per heavy atom. The molecule has 0 fully saturated rings. The third-order valence-electron chi connectivity index (χ3n) is 6.42. The van der Waals surface area contributed by atoms with Gasteiger partial charge < -0.3 is 25.2 Å². The standard InChI is InChI=1S/C24H28BN5O2/c1-16-13-18-20(25(31)32)9-6-10-22(18)30(16)24-27-21-11-12-29(2)15-19(21)23(28-24)26-14-17-7-4-3-5-8-17/h3-10,16,31-32H,11-15H2,1-2H3,(H,26,27,28). The molecule has 0 saturated heterocycles. The molecule has 7 nitrogen and oxygen atoms in total. The Kier molecular flexibility index (Phi) is 5.59. The van der Waals surface area contributed by atoms with Gasteiger partial charge in [0.25, 0.3) is 0 Å². The van der Waals surface area contributed by atoms with Gasteiger partial charge in [0.05, 0.1) is 5.69 Å². The molecule has 1 atom stereocenters. The summed E-state index contributed by atoms with van der Waals surface area (Å²) in [5.74, 6) is 1.54. The Labute approximate surface area is 188 Å². The van der Waals surface area contributed by atoms with E-state index in [1.165, 1.54) is 5.56 Å². The Bertz CT molecular complexity index is 1120. The van der Waals surface area contributed by atoms with E-state index in [4.69, 9.17) is 9.97 Å². The number of benzene rings is 2. The van der Waals surface area contributed by atoms with Crippen LogP contribution in [0, 0.1) is 0 Å². The molecule has 2 aliphatic heterocycles. The largest absolute Gasteiger partial charge is 0.488 e. The number of anilines is 3. The molecular formula is C24H28BN5O2. The summed E-state index contributed by atoms with van der Waals surface area (Å²) in [6, 6.07) is 16.1. The number of nitrogens with one attached hydrogen (secondary N) is 1. The zero-order valence-electron chi connectivity index (χ0n) is 18.5. The van der Waals surface area contributed by atoms with E-state index in [1.807, 2.05) is 30.3 Å². The lowest BCUT2D eigenvalue weighted by Gasteiger charge is -2.29. The van der Waals surface area contributed by atoms with Crippen molar-refractivity contribution >= 4 is 30.0 Å². The lowest BCUT2D eigenvalue weighted by molar-refractivity contribution is 0.310. The first kappa shape index (κ1) is 20.9. The Morgan fingerprint density at radius 1 is 1.06 bits per heavy atom. The van der Waals surface area contributed by atoms with Crippen LogP contribution in [0.25, 0.3) is 0 Å². The van der Waals surface area contributed by atoms with Gasteiger partial charge in [-0.3, -0.25) is 0 Å². The molecule has 2 aliphatic rings. The van der Waals surface area contributed by atoms with Crippen LogP contribution in [-0.4, -0.2) is 51.7 Å². The lowest BCUT2D eigenvalue weighted by atomic mass is 9.76. The first-order valence-corrected chi connectivity index (χ1v) is 11.1. The maximum atomic E-state index is 9.83. The van der Waals surface area contributed by atoms with E-state index in [9.17, 15) is 10.0 Å². The molecule has 0 bridgehead atoms. The van der Waals surface area contributed by atoms with Crippen LogP contribution in [0.15, 0.2) is 48.5 Å². The average Bonchev–Trinajstić information content (AvgIpc) is 3.13. The van der Waals surface area contributed by atoms with Gasteiger partial charge in [0.15, 0.2) is 0 Å². The highest BCUT2D eigenvalue weighted by molar-refractivity contribution is 6.59. The van der Waals surface area contributed by atoms with Crippen molar-refractivity contribution in [2.24, 2.45) is 0 Å². The van der Waals surface area contributed by atoms with Crippen LogP contribution in [-0.2, 0) is 25.9 Å². The van der Waals surface area contributed by atoms with Crippen molar-refractivity contribution in [1.82, 2.24) is 14.9 Å². The summed E-state index contributed by atoms with van der Waals surface area (Å²) in [5.41, 5.74) is 5.90. The second kappa shape index (κ2) is 8.54. The average molecular weight is 429 g/mol. The van der Waals surface area contributed by atoms with Gasteiger partial charge in [0, 0.05) is 43.3 Å². The molecule has 0 aliphatic carbocycles. The molecule has 1 unspecified atom stereocenters. The van der Waals surface area contributed by atoms with Crippen molar-refractivity contribution in [2.75, 3.05) is 23.8 Å². The fourth-order valence-corrected chi connectivity index (χ4v) is 4.78. The summed E-state index contributed by atoms with van der Waals surface area (Å²) in [7, 11) is 0.637. The fourth-order valence-electron chi connectivity index (χ4n) is 4.78. The van der Waals surface area contributed by atoms with Crippen LogP contribution in [0.4, 0.5) is 17.5 Å².